The molecule has 3 aliphatic rings. The highest BCUT2D eigenvalue weighted by molar-refractivity contribution is 7.99. The fourth-order valence-corrected chi connectivity index (χ4v) is 5.14. The van der Waals surface area contributed by atoms with Crippen molar-refractivity contribution in [2.45, 2.75) is 11.6 Å². The number of carbonyl (C=O) groups excluding carboxylic acids is 1. The molecule has 0 spiro atoms. The molecule has 33 heavy (non-hydrogen) atoms. The third-order valence-electron chi connectivity index (χ3n) is 6.25. The van der Waals surface area contributed by atoms with E-state index in [-0.39, 0.29) is 5.91 Å². The van der Waals surface area contributed by atoms with Gasteiger partial charge >= 0.3 is 0 Å². The lowest BCUT2D eigenvalue weighted by molar-refractivity contribution is 0.0410. The van der Waals surface area contributed by atoms with Crippen LogP contribution in [0.4, 0.5) is 0 Å². The summed E-state index contributed by atoms with van der Waals surface area (Å²) in [5, 5.41) is 0.966. The van der Waals surface area contributed by atoms with Gasteiger partial charge in [0, 0.05) is 64.3 Å². The van der Waals surface area contributed by atoms with Crippen molar-refractivity contribution in [1.29, 1.82) is 0 Å². The smallest absolute Gasteiger partial charge is 0.255 e. The molecule has 1 aromatic carbocycles. The molecule has 8 nitrogen and oxygen atoms in total. The maximum Gasteiger partial charge on any atom is 0.255 e. The maximum atomic E-state index is 12.9. The van der Waals surface area contributed by atoms with E-state index in [9.17, 15) is 4.79 Å². The third kappa shape index (κ3) is 5.78. The van der Waals surface area contributed by atoms with Crippen molar-refractivity contribution in [1.82, 2.24) is 19.7 Å². The van der Waals surface area contributed by atoms with Gasteiger partial charge in [0.25, 0.3) is 5.91 Å². The lowest BCUT2D eigenvalue weighted by Crippen LogP contribution is -2.48. The first-order chi connectivity index (χ1) is 16.2. The molecule has 1 aromatic heterocycles. The largest absolute Gasteiger partial charge is 0.454 e. The molecule has 1 amide bonds. The fraction of sp³-hybridized carbons (Fsp3) is 0.500. The van der Waals surface area contributed by atoms with Gasteiger partial charge in [0.05, 0.1) is 23.8 Å². The standard InChI is InChI=1S/C24H30N4O4S/c29-24(20-2-4-23(25-16-20)33-14-11-26-9-12-30-13-10-26)28-7-5-27(6-8-28)17-19-1-3-21-22(15-19)32-18-31-21/h1-4,15-16H,5-14,17-18H2. The van der Waals surface area contributed by atoms with E-state index in [4.69, 9.17) is 14.2 Å². The van der Waals surface area contributed by atoms with E-state index in [2.05, 4.69) is 20.9 Å². The van der Waals surface area contributed by atoms with Crippen LogP contribution in [0.5, 0.6) is 11.5 Å². The number of carbonyl (C=O) groups is 1. The summed E-state index contributed by atoms with van der Waals surface area (Å²) in [5.74, 6) is 2.68. The molecule has 0 saturated carbocycles. The van der Waals surface area contributed by atoms with Gasteiger partial charge in [0.15, 0.2) is 11.5 Å². The highest BCUT2D eigenvalue weighted by Crippen LogP contribution is 2.32. The van der Waals surface area contributed by atoms with E-state index in [0.717, 1.165) is 87.8 Å². The van der Waals surface area contributed by atoms with Gasteiger partial charge in [-0.2, -0.15) is 0 Å². The maximum absolute atomic E-state index is 12.9. The normalized spacial score (nSPS) is 19.1. The average molecular weight is 471 g/mol. The Morgan fingerprint density at radius 2 is 1.76 bits per heavy atom. The van der Waals surface area contributed by atoms with Crippen molar-refractivity contribution >= 4 is 17.7 Å². The molecule has 2 saturated heterocycles. The molecule has 9 heteroatoms. The Balaban J connectivity index is 1.06. The van der Waals surface area contributed by atoms with Crippen LogP contribution >= 0.6 is 11.8 Å². The lowest BCUT2D eigenvalue weighted by Gasteiger charge is -2.34. The Bertz CT molecular complexity index is 944. The van der Waals surface area contributed by atoms with Crippen LogP contribution in [0.2, 0.25) is 0 Å². The van der Waals surface area contributed by atoms with Gasteiger partial charge in [-0.05, 0) is 29.8 Å². The van der Waals surface area contributed by atoms with Crippen LogP contribution in [-0.4, -0.2) is 97.2 Å². The molecule has 0 aliphatic carbocycles. The molecule has 5 rings (SSSR count). The molecule has 0 bridgehead atoms. The molecule has 2 aromatic rings. The Kier molecular flexibility index (Phi) is 7.30. The van der Waals surface area contributed by atoms with Crippen LogP contribution in [0, 0.1) is 0 Å². The van der Waals surface area contributed by atoms with Crippen molar-refractivity contribution in [3.05, 3.63) is 47.7 Å². The summed E-state index contributed by atoms with van der Waals surface area (Å²) in [6.45, 7) is 8.98. The summed E-state index contributed by atoms with van der Waals surface area (Å²) in [4.78, 5) is 24.2. The number of thioether (sulfide) groups is 1. The number of aromatic nitrogens is 1. The number of piperazine rings is 1. The number of hydrogen-bond donors (Lipinski definition) is 0. The first-order valence-electron chi connectivity index (χ1n) is 11.5. The van der Waals surface area contributed by atoms with Gasteiger partial charge in [0.2, 0.25) is 6.79 Å². The molecule has 4 heterocycles. The van der Waals surface area contributed by atoms with Crippen LogP contribution in [0.25, 0.3) is 0 Å². The summed E-state index contributed by atoms with van der Waals surface area (Å²) in [5.41, 5.74) is 1.86. The van der Waals surface area contributed by atoms with Crippen LogP contribution < -0.4 is 9.47 Å². The Labute approximate surface area is 198 Å². The minimum Gasteiger partial charge on any atom is -0.454 e. The number of benzene rings is 1. The SMILES string of the molecule is O=C(c1ccc(SCCN2CCOCC2)nc1)N1CCN(Cc2ccc3c(c2)OCO3)CC1. The minimum atomic E-state index is 0.0649. The number of hydrogen-bond acceptors (Lipinski definition) is 8. The van der Waals surface area contributed by atoms with Crippen LogP contribution in [0.15, 0.2) is 41.6 Å². The Morgan fingerprint density at radius 1 is 0.939 bits per heavy atom. The van der Waals surface area contributed by atoms with Gasteiger partial charge < -0.3 is 19.1 Å². The van der Waals surface area contributed by atoms with Crippen LogP contribution in [0.1, 0.15) is 15.9 Å². The van der Waals surface area contributed by atoms with E-state index >= 15 is 0 Å². The quantitative estimate of drug-likeness (QED) is 0.571. The number of morpholine rings is 1. The summed E-state index contributed by atoms with van der Waals surface area (Å²) in [6, 6.07) is 9.97. The molecule has 3 aliphatic heterocycles. The second-order valence-electron chi connectivity index (χ2n) is 8.44. The van der Waals surface area contributed by atoms with E-state index in [1.807, 2.05) is 29.2 Å². The van der Waals surface area contributed by atoms with Crippen molar-refractivity contribution < 1.29 is 19.0 Å². The zero-order valence-electron chi connectivity index (χ0n) is 18.8. The summed E-state index contributed by atoms with van der Waals surface area (Å²) < 4.78 is 16.2. The van der Waals surface area contributed by atoms with Crippen molar-refractivity contribution in [2.75, 3.05) is 71.6 Å². The topological polar surface area (TPSA) is 67.4 Å². The highest BCUT2D eigenvalue weighted by Gasteiger charge is 2.23. The number of fused-ring (bicyclic) bond motifs is 1. The highest BCUT2D eigenvalue weighted by atomic mass is 32.2. The summed E-state index contributed by atoms with van der Waals surface area (Å²) in [6.07, 6.45) is 1.72. The number of ether oxygens (including phenoxy) is 3. The molecule has 0 atom stereocenters. The molecule has 0 N–H and O–H groups in total. The Hall–Kier alpha value is -2.33. The van der Waals surface area contributed by atoms with E-state index in [1.54, 1.807) is 18.0 Å². The molecular formula is C24H30N4O4S. The Morgan fingerprint density at radius 3 is 2.55 bits per heavy atom. The van der Waals surface area contributed by atoms with Gasteiger partial charge in [0.1, 0.15) is 0 Å². The average Bonchev–Trinajstić information content (AvgIpc) is 3.33. The molecule has 2 fully saturated rings. The minimum absolute atomic E-state index is 0.0649. The molecular weight excluding hydrogens is 440 g/mol. The van der Waals surface area contributed by atoms with Gasteiger partial charge in [-0.25, -0.2) is 4.98 Å². The molecule has 176 valence electrons. The second-order valence-corrected chi connectivity index (χ2v) is 9.56. The van der Waals surface area contributed by atoms with Crippen LogP contribution in [0.3, 0.4) is 0 Å². The van der Waals surface area contributed by atoms with Crippen molar-refractivity contribution in [3.8, 4) is 11.5 Å². The van der Waals surface area contributed by atoms with Crippen molar-refractivity contribution in [3.63, 3.8) is 0 Å². The zero-order chi connectivity index (χ0) is 22.5. The number of pyridine rings is 1. The first kappa shape index (κ1) is 22.5. The van der Waals surface area contributed by atoms with Gasteiger partial charge in [-0.15, -0.1) is 11.8 Å². The number of rotatable bonds is 7. The van der Waals surface area contributed by atoms with Gasteiger partial charge in [-0.1, -0.05) is 6.07 Å². The summed E-state index contributed by atoms with van der Waals surface area (Å²) >= 11 is 1.74. The molecule has 0 radical (unpaired) electrons. The lowest BCUT2D eigenvalue weighted by atomic mass is 10.1. The van der Waals surface area contributed by atoms with Crippen LogP contribution in [-0.2, 0) is 11.3 Å². The third-order valence-corrected chi connectivity index (χ3v) is 7.17. The van der Waals surface area contributed by atoms with E-state index < -0.39 is 0 Å². The fourth-order valence-electron chi connectivity index (χ4n) is 4.29. The monoisotopic (exact) mass is 470 g/mol. The van der Waals surface area contributed by atoms with E-state index in [1.165, 1.54) is 5.56 Å². The van der Waals surface area contributed by atoms with Crippen molar-refractivity contribution in [2.24, 2.45) is 0 Å². The van der Waals surface area contributed by atoms with E-state index in [0.29, 0.717) is 12.4 Å². The molecule has 0 unspecified atom stereocenters. The zero-order valence-corrected chi connectivity index (χ0v) is 19.6. The second kappa shape index (κ2) is 10.7. The number of nitrogens with zero attached hydrogens (tertiary/aromatic N) is 4. The summed E-state index contributed by atoms with van der Waals surface area (Å²) in [7, 11) is 0. The van der Waals surface area contributed by atoms with Gasteiger partial charge in [-0.3, -0.25) is 14.6 Å². The number of amides is 1. The predicted octanol–water partition coefficient (Wildman–Crippen LogP) is 2.19. The predicted molar refractivity (Wildman–Crippen MR) is 126 cm³/mol. The first-order valence-corrected chi connectivity index (χ1v) is 12.5.